The molecule has 2 rings (SSSR count). The number of carbonyl (C=O) groups excluding carboxylic acids is 1. The molecular weight excluding hydrogens is 222 g/mol. The van der Waals surface area contributed by atoms with Crippen LogP contribution in [0.1, 0.15) is 0 Å². The van der Waals surface area contributed by atoms with Gasteiger partial charge in [-0.25, -0.2) is 4.79 Å². The van der Waals surface area contributed by atoms with Crippen molar-refractivity contribution in [3.05, 3.63) is 42.5 Å². The van der Waals surface area contributed by atoms with E-state index in [1.807, 2.05) is 36.4 Å². The number of nitrogens with zero attached hydrogens (tertiary/aromatic N) is 2. The first-order chi connectivity index (χ1) is 7.74. The van der Waals surface area contributed by atoms with Gasteiger partial charge >= 0.3 is 6.03 Å². The van der Waals surface area contributed by atoms with Crippen LogP contribution in [0.3, 0.4) is 0 Å². The lowest BCUT2D eigenvalue weighted by atomic mass is 10.1. The molecule has 16 heavy (non-hydrogen) atoms. The summed E-state index contributed by atoms with van der Waals surface area (Å²) >= 11 is 4.54. The van der Waals surface area contributed by atoms with E-state index in [1.165, 1.54) is 0 Å². The minimum absolute atomic E-state index is 0.598. The number of urea groups is 1. The lowest BCUT2D eigenvalue weighted by Gasteiger charge is -2.14. The smallest absolute Gasteiger partial charge is 0.340 e. The molecule has 0 bridgehead atoms. The summed E-state index contributed by atoms with van der Waals surface area (Å²) < 4.78 is 3.45. The monoisotopic (exact) mass is 231 g/mol. The number of fused-ring (bicyclic) bond motifs is 1. The highest BCUT2D eigenvalue weighted by Crippen LogP contribution is 2.26. The van der Waals surface area contributed by atoms with E-state index in [4.69, 9.17) is 5.73 Å². The molecule has 2 aromatic carbocycles. The number of benzene rings is 2. The fourth-order valence-corrected chi connectivity index (χ4v) is 1.76. The Hall–Kier alpha value is -2.01. The fourth-order valence-electron chi connectivity index (χ4n) is 1.60. The van der Waals surface area contributed by atoms with E-state index in [9.17, 15) is 4.79 Å². The molecule has 0 aliphatic rings. The normalized spacial score (nSPS) is 10.0. The summed E-state index contributed by atoms with van der Waals surface area (Å²) in [5.74, 6) is 0. The zero-order chi connectivity index (χ0) is 11.5. The van der Waals surface area contributed by atoms with Crippen molar-refractivity contribution in [2.45, 2.75) is 0 Å². The van der Waals surface area contributed by atoms with Gasteiger partial charge in [0.25, 0.3) is 0 Å². The van der Waals surface area contributed by atoms with Gasteiger partial charge in [-0.3, -0.25) is 0 Å². The molecule has 0 saturated heterocycles. The van der Waals surface area contributed by atoms with Gasteiger partial charge in [-0.1, -0.05) is 40.9 Å². The second kappa shape index (κ2) is 4.24. The van der Waals surface area contributed by atoms with Crippen LogP contribution in [0.4, 0.5) is 10.5 Å². The van der Waals surface area contributed by atoms with Crippen LogP contribution < -0.4 is 10.7 Å². The predicted molar refractivity (Wildman–Crippen MR) is 65.8 cm³/mol. The molecule has 80 valence electrons. The maximum Gasteiger partial charge on any atom is 0.340 e. The number of primary amides is 1. The standard InChI is InChI=1S/C11H9N3OS/c12-11(15)14(13-16)10-7-3-5-8-4-1-2-6-9(8)10/h1-7H,(H2,12,15). The highest BCUT2D eigenvalue weighted by Gasteiger charge is 2.13. The molecule has 0 aliphatic heterocycles. The highest BCUT2D eigenvalue weighted by molar-refractivity contribution is 7.47. The third kappa shape index (κ3) is 1.72. The Kier molecular flexibility index (Phi) is 2.78. The third-order valence-electron chi connectivity index (χ3n) is 2.29. The van der Waals surface area contributed by atoms with Crippen molar-refractivity contribution in [1.82, 2.24) is 0 Å². The van der Waals surface area contributed by atoms with Crippen LogP contribution in [0.5, 0.6) is 0 Å². The van der Waals surface area contributed by atoms with Crippen LogP contribution in [0, 0.1) is 0 Å². The molecule has 0 spiro atoms. The molecule has 0 fully saturated rings. The molecule has 5 heteroatoms. The summed E-state index contributed by atoms with van der Waals surface area (Å²) in [7, 11) is 0. The first-order valence-electron chi connectivity index (χ1n) is 4.64. The molecule has 2 amide bonds. The third-order valence-corrected chi connectivity index (χ3v) is 2.45. The van der Waals surface area contributed by atoms with E-state index in [0.717, 1.165) is 15.8 Å². The van der Waals surface area contributed by atoms with E-state index >= 15 is 0 Å². The quantitative estimate of drug-likeness (QED) is 0.806. The van der Waals surface area contributed by atoms with Gasteiger partial charge in [-0.2, -0.15) is 5.01 Å². The Morgan fingerprint density at radius 1 is 1.19 bits per heavy atom. The van der Waals surface area contributed by atoms with E-state index < -0.39 is 6.03 Å². The van der Waals surface area contributed by atoms with Gasteiger partial charge in [0, 0.05) is 5.39 Å². The zero-order valence-corrected chi connectivity index (χ0v) is 9.15. The number of hydrogen-bond acceptors (Lipinski definition) is 3. The van der Waals surface area contributed by atoms with Crippen LogP contribution in [0.2, 0.25) is 0 Å². The molecule has 2 N–H and O–H groups in total. The van der Waals surface area contributed by atoms with Crippen LogP contribution in [0.15, 0.2) is 46.9 Å². The highest BCUT2D eigenvalue weighted by atomic mass is 32.1. The molecule has 0 atom stereocenters. The molecule has 0 aliphatic carbocycles. The molecular formula is C11H9N3OS. The van der Waals surface area contributed by atoms with Crippen molar-refractivity contribution >= 4 is 34.9 Å². The second-order valence-corrected chi connectivity index (χ2v) is 3.39. The summed E-state index contributed by atoms with van der Waals surface area (Å²) in [6, 6.07) is 12.5. The molecule has 4 nitrogen and oxygen atoms in total. The van der Waals surface area contributed by atoms with Gasteiger partial charge in [-0.05, 0) is 11.5 Å². The number of nitrogens with two attached hydrogens (primary N) is 1. The first kappa shape index (κ1) is 10.5. The van der Waals surface area contributed by atoms with Crippen molar-refractivity contribution in [3.63, 3.8) is 0 Å². The lowest BCUT2D eigenvalue weighted by Crippen LogP contribution is -2.30. The van der Waals surface area contributed by atoms with Crippen LogP contribution in [-0.4, -0.2) is 6.03 Å². The van der Waals surface area contributed by atoms with Crippen molar-refractivity contribution in [2.24, 2.45) is 10.2 Å². The topological polar surface area (TPSA) is 58.7 Å². The summed E-state index contributed by atoms with van der Waals surface area (Å²) in [5.41, 5.74) is 5.79. The predicted octanol–water partition coefficient (Wildman–Crippen LogP) is 2.37. The minimum Gasteiger partial charge on any atom is -0.350 e. The van der Waals surface area contributed by atoms with Crippen LogP contribution in [0.25, 0.3) is 10.8 Å². The van der Waals surface area contributed by atoms with Gasteiger partial charge in [0.15, 0.2) is 0 Å². The summed E-state index contributed by atoms with van der Waals surface area (Å²) in [5, 5.41) is 2.90. The van der Waals surface area contributed by atoms with Crippen molar-refractivity contribution < 1.29 is 4.79 Å². The molecule has 2 aromatic rings. The van der Waals surface area contributed by atoms with Crippen molar-refractivity contribution in [3.8, 4) is 0 Å². The number of carbonyl (C=O) groups is 1. The maximum atomic E-state index is 11.2. The van der Waals surface area contributed by atoms with Crippen LogP contribution >= 0.6 is 0 Å². The van der Waals surface area contributed by atoms with Gasteiger partial charge in [-0.15, -0.1) is 0 Å². The Labute approximate surface area is 97.8 Å². The molecule has 0 heterocycles. The number of anilines is 1. The second-order valence-electron chi connectivity index (χ2n) is 3.23. The maximum absolute atomic E-state index is 11.2. The Morgan fingerprint density at radius 2 is 1.88 bits per heavy atom. The number of amides is 2. The Bertz CT molecular complexity index is 550. The van der Waals surface area contributed by atoms with Crippen molar-refractivity contribution in [1.29, 1.82) is 0 Å². The van der Waals surface area contributed by atoms with E-state index in [1.54, 1.807) is 6.07 Å². The molecule has 0 radical (unpaired) electrons. The number of rotatable bonds is 2. The van der Waals surface area contributed by atoms with E-state index in [0.29, 0.717) is 5.69 Å². The summed E-state index contributed by atoms with van der Waals surface area (Å²) in [4.78, 5) is 11.2. The van der Waals surface area contributed by atoms with E-state index in [2.05, 4.69) is 16.9 Å². The lowest BCUT2D eigenvalue weighted by molar-refractivity contribution is 0.254. The number of hydrogen-bond donors (Lipinski definition) is 1. The van der Waals surface area contributed by atoms with Crippen molar-refractivity contribution in [2.75, 3.05) is 5.01 Å². The van der Waals surface area contributed by atoms with Crippen LogP contribution in [-0.2, 0) is 12.4 Å². The average molecular weight is 231 g/mol. The van der Waals surface area contributed by atoms with Gasteiger partial charge < -0.3 is 5.73 Å². The SMILES string of the molecule is NC(=O)N(N=S)c1cccc2ccccc12. The Morgan fingerprint density at radius 3 is 2.56 bits per heavy atom. The zero-order valence-electron chi connectivity index (χ0n) is 8.33. The first-order valence-corrected chi connectivity index (χ1v) is 5.01. The fraction of sp³-hybridized carbons (Fsp3) is 0. The molecule has 0 aromatic heterocycles. The Balaban J connectivity index is 2.68. The summed E-state index contributed by atoms with van der Waals surface area (Å²) in [6.07, 6.45) is 0. The van der Waals surface area contributed by atoms with Gasteiger partial charge in [0.1, 0.15) is 0 Å². The van der Waals surface area contributed by atoms with Gasteiger partial charge in [0.05, 0.1) is 18.1 Å². The summed E-state index contributed by atoms with van der Waals surface area (Å²) in [6.45, 7) is 0. The van der Waals surface area contributed by atoms with E-state index in [-0.39, 0.29) is 0 Å². The minimum atomic E-state index is -0.689. The molecule has 0 saturated carbocycles. The van der Waals surface area contributed by atoms with Gasteiger partial charge in [0.2, 0.25) is 0 Å². The largest absolute Gasteiger partial charge is 0.350 e. The molecule has 0 unspecified atom stereocenters. The average Bonchev–Trinajstić information content (AvgIpc) is 2.30.